The molecule has 0 bridgehead atoms. The number of nitrogens with zero attached hydrogens (tertiary/aromatic N) is 9. The van der Waals surface area contributed by atoms with Crippen molar-refractivity contribution in [2.45, 2.75) is 47.1 Å². The highest BCUT2D eigenvalue weighted by Crippen LogP contribution is 2.25. The second kappa shape index (κ2) is 11.3. The van der Waals surface area contributed by atoms with Crippen LogP contribution in [-0.4, -0.2) is 78.3 Å². The number of rotatable bonds is 8. The van der Waals surface area contributed by atoms with Crippen molar-refractivity contribution >= 4 is 17.3 Å². The van der Waals surface area contributed by atoms with Gasteiger partial charge in [-0.3, -0.25) is 24.3 Å². The quantitative estimate of drug-likeness (QED) is 0.367. The van der Waals surface area contributed by atoms with Crippen molar-refractivity contribution in [2.75, 3.05) is 42.9 Å². The van der Waals surface area contributed by atoms with Gasteiger partial charge in [0.1, 0.15) is 5.69 Å². The van der Waals surface area contributed by atoms with E-state index in [-0.39, 0.29) is 11.9 Å². The maximum Gasteiger partial charge on any atom is 0.276 e. The average Bonchev–Trinajstić information content (AvgIpc) is 3.58. The monoisotopic (exact) mass is 528 g/mol. The van der Waals surface area contributed by atoms with Crippen LogP contribution in [0, 0.1) is 13.8 Å². The second-order valence-electron chi connectivity index (χ2n) is 10.3. The van der Waals surface area contributed by atoms with E-state index < -0.39 is 0 Å². The summed E-state index contributed by atoms with van der Waals surface area (Å²) in [6.45, 7) is 15.4. The largest absolute Gasteiger partial charge is 0.368 e. The fourth-order valence-electron chi connectivity index (χ4n) is 4.94. The van der Waals surface area contributed by atoms with Gasteiger partial charge >= 0.3 is 0 Å². The zero-order valence-corrected chi connectivity index (χ0v) is 23.3. The van der Waals surface area contributed by atoms with Crippen LogP contribution in [0.2, 0.25) is 0 Å². The summed E-state index contributed by atoms with van der Waals surface area (Å²) in [6, 6.07) is 5.92. The summed E-state index contributed by atoms with van der Waals surface area (Å²) in [6.07, 6.45) is 8.40. The minimum atomic E-state index is -0.285. The molecule has 5 heterocycles. The van der Waals surface area contributed by atoms with Crippen molar-refractivity contribution in [3.8, 4) is 16.9 Å². The number of carbonyl (C=O) groups excluding carboxylic acids is 1. The van der Waals surface area contributed by atoms with Gasteiger partial charge in [0.15, 0.2) is 5.69 Å². The van der Waals surface area contributed by atoms with Crippen LogP contribution < -0.4 is 10.2 Å². The van der Waals surface area contributed by atoms with Gasteiger partial charge in [-0.25, -0.2) is 4.68 Å². The van der Waals surface area contributed by atoms with Gasteiger partial charge in [-0.2, -0.15) is 5.10 Å². The van der Waals surface area contributed by atoms with Crippen LogP contribution in [0.1, 0.15) is 55.1 Å². The molecule has 4 aromatic rings. The molecule has 0 aliphatic carbocycles. The van der Waals surface area contributed by atoms with Gasteiger partial charge in [0.05, 0.1) is 41.3 Å². The predicted molar refractivity (Wildman–Crippen MR) is 151 cm³/mol. The number of aromatic nitrogens is 7. The van der Waals surface area contributed by atoms with Crippen molar-refractivity contribution in [3.05, 3.63) is 60.1 Å². The first-order valence-electron chi connectivity index (χ1n) is 13.5. The zero-order chi connectivity index (χ0) is 27.5. The lowest BCUT2D eigenvalue weighted by molar-refractivity contribution is 0.102. The maximum absolute atomic E-state index is 12.9. The van der Waals surface area contributed by atoms with E-state index in [0.717, 1.165) is 66.7 Å². The molecule has 0 atom stereocenters. The third-order valence-electron chi connectivity index (χ3n) is 7.00. The Kier molecular flexibility index (Phi) is 7.69. The Morgan fingerprint density at radius 2 is 1.85 bits per heavy atom. The molecule has 11 heteroatoms. The second-order valence-corrected chi connectivity index (χ2v) is 10.3. The molecule has 0 aromatic carbocycles. The van der Waals surface area contributed by atoms with Gasteiger partial charge in [0, 0.05) is 49.7 Å². The molecule has 0 spiro atoms. The molecule has 1 fully saturated rings. The lowest BCUT2D eigenvalue weighted by Crippen LogP contribution is -2.46. The molecule has 0 radical (unpaired) electrons. The third kappa shape index (κ3) is 5.83. The van der Waals surface area contributed by atoms with E-state index in [9.17, 15) is 4.79 Å². The number of piperazine rings is 1. The summed E-state index contributed by atoms with van der Waals surface area (Å²) in [5.41, 5.74) is 6.07. The first-order valence-corrected chi connectivity index (χ1v) is 13.5. The zero-order valence-electron chi connectivity index (χ0n) is 23.3. The Balaban J connectivity index is 1.32. The summed E-state index contributed by atoms with van der Waals surface area (Å²) in [5, 5.41) is 16.1. The molecule has 0 saturated carbocycles. The number of anilines is 2. The van der Waals surface area contributed by atoms with E-state index in [4.69, 9.17) is 0 Å². The van der Waals surface area contributed by atoms with E-state index in [2.05, 4.69) is 53.5 Å². The number of aryl methyl sites for hydroxylation is 2. The van der Waals surface area contributed by atoms with Crippen LogP contribution >= 0.6 is 0 Å². The summed E-state index contributed by atoms with van der Waals surface area (Å²) >= 11 is 0. The maximum atomic E-state index is 12.9. The van der Waals surface area contributed by atoms with Crippen molar-refractivity contribution in [3.63, 3.8) is 0 Å². The van der Waals surface area contributed by atoms with E-state index >= 15 is 0 Å². The minimum Gasteiger partial charge on any atom is -0.368 e. The molecule has 1 aliphatic rings. The highest BCUT2D eigenvalue weighted by Gasteiger charge is 2.19. The van der Waals surface area contributed by atoms with Gasteiger partial charge in [0.25, 0.3) is 5.91 Å². The molecule has 39 heavy (non-hydrogen) atoms. The summed E-state index contributed by atoms with van der Waals surface area (Å²) in [4.78, 5) is 26.7. The number of amides is 1. The van der Waals surface area contributed by atoms with Gasteiger partial charge in [-0.15, -0.1) is 5.10 Å². The van der Waals surface area contributed by atoms with Gasteiger partial charge in [-0.05, 0) is 58.9 Å². The van der Waals surface area contributed by atoms with Gasteiger partial charge < -0.3 is 10.2 Å². The van der Waals surface area contributed by atoms with Crippen molar-refractivity contribution in [1.29, 1.82) is 0 Å². The Morgan fingerprint density at radius 3 is 2.56 bits per heavy atom. The average molecular weight is 529 g/mol. The number of hydrogen-bond acceptors (Lipinski definition) is 8. The summed E-state index contributed by atoms with van der Waals surface area (Å²) in [7, 11) is 0. The molecule has 1 amide bonds. The molecule has 11 nitrogen and oxygen atoms in total. The van der Waals surface area contributed by atoms with E-state index in [1.54, 1.807) is 16.9 Å². The van der Waals surface area contributed by atoms with E-state index in [1.807, 2.05) is 57.0 Å². The van der Waals surface area contributed by atoms with Crippen LogP contribution in [0.25, 0.3) is 16.9 Å². The van der Waals surface area contributed by atoms with Crippen molar-refractivity contribution in [2.24, 2.45) is 0 Å². The molecule has 204 valence electrons. The highest BCUT2D eigenvalue weighted by molar-refractivity contribution is 6.03. The van der Waals surface area contributed by atoms with E-state index in [1.165, 1.54) is 6.42 Å². The normalized spacial score (nSPS) is 14.3. The Hall–Kier alpha value is -4.12. The lowest BCUT2D eigenvalue weighted by Gasteiger charge is -2.35. The third-order valence-corrected chi connectivity index (χ3v) is 7.00. The summed E-state index contributed by atoms with van der Waals surface area (Å²) < 4.78 is 3.52. The SMILES string of the molecule is CCCN1CCN(c2cncc(-c3cn(-c4cc(NC(=O)c5cc(C)n(C(C)C)n5)cnc4C)nn3)c2)CC1. The molecule has 1 N–H and O–H groups in total. The molecule has 0 unspecified atom stereocenters. The van der Waals surface area contributed by atoms with Crippen LogP contribution in [0.15, 0.2) is 43.0 Å². The van der Waals surface area contributed by atoms with E-state index in [0.29, 0.717) is 11.4 Å². The van der Waals surface area contributed by atoms with Crippen molar-refractivity contribution < 1.29 is 4.79 Å². The lowest BCUT2D eigenvalue weighted by atomic mass is 10.2. The Morgan fingerprint density at radius 1 is 1.05 bits per heavy atom. The smallest absolute Gasteiger partial charge is 0.276 e. The van der Waals surface area contributed by atoms with Crippen LogP contribution in [0.5, 0.6) is 0 Å². The standard InChI is InChI=1S/C28H36N10O/c1-6-7-35-8-10-36(11-9-35)24-13-22(15-29-17-24)26-18-37(34-32-26)27-14-23(16-30-21(27)5)31-28(39)25-12-20(4)38(33-25)19(2)3/h12-19H,6-11H2,1-5H3,(H,31,39). The van der Waals surface area contributed by atoms with Crippen LogP contribution in [0.4, 0.5) is 11.4 Å². The molecule has 4 aromatic heterocycles. The number of carbonyl (C=O) groups is 1. The molecular weight excluding hydrogens is 492 g/mol. The fraction of sp³-hybridized carbons (Fsp3) is 0.429. The molecule has 5 rings (SSSR count). The predicted octanol–water partition coefficient (Wildman–Crippen LogP) is 3.90. The van der Waals surface area contributed by atoms with Gasteiger partial charge in [-0.1, -0.05) is 12.1 Å². The molecule has 1 saturated heterocycles. The Bertz CT molecular complexity index is 1450. The summed E-state index contributed by atoms with van der Waals surface area (Å²) in [5.74, 6) is -0.285. The fourth-order valence-corrected chi connectivity index (χ4v) is 4.94. The highest BCUT2D eigenvalue weighted by atomic mass is 16.2. The Labute approximate surface area is 228 Å². The topological polar surface area (TPSA) is 110 Å². The van der Waals surface area contributed by atoms with Crippen LogP contribution in [0.3, 0.4) is 0 Å². The van der Waals surface area contributed by atoms with Gasteiger partial charge in [0.2, 0.25) is 0 Å². The number of pyridine rings is 2. The molecular formula is C28H36N10O. The molecule has 1 aliphatic heterocycles. The first-order chi connectivity index (χ1) is 18.8. The van der Waals surface area contributed by atoms with Crippen molar-refractivity contribution in [1.82, 2.24) is 39.6 Å². The number of hydrogen-bond donors (Lipinski definition) is 1. The minimum absolute atomic E-state index is 0.174. The first kappa shape index (κ1) is 26.5. The number of nitrogens with one attached hydrogen (secondary N) is 1. The van der Waals surface area contributed by atoms with Crippen LogP contribution in [-0.2, 0) is 0 Å².